The number of halogens is 2. The SMILES string of the molecule is CC(Oc1cccc(Br)c1)C(=O)NNC(=O)c1csc(Br)c1. The number of nitrogens with one attached hydrogen (secondary N) is 2. The second kappa shape index (κ2) is 7.75. The van der Waals surface area contributed by atoms with Crippen LogP contribution in [0.15, 0.2) is 44.0 Å². The van der Waals surface area contributed by atoms with Gasteiger partial charge in [0.2, 0.25) is 0 Å². The maximum Gasteiger partial charge on any atom is 0.279 e. The molecule has 0 aliphatic carbocycles. The highest BCUT2D eigenvalue weighted by Crippen LogP contribution is 2.20. The fourth-order valence-electron chi connectivity index (χ4n) is 1.52. The van der Waals surface area contributed by atoms with Crippen molar-refractivity contribution in [1.82, 2.24) is 10.9 Å². The summed E-state index contributed by atoms with van der Waals surface area (Å²) < 4.78 is 7.20. The van der Waals surface area contributed by atoms with Crippen molar-refractivity contribution in [2.24, 2.45) is 0 Å². The van der Waals surface area contributed by atoms with Crippen molar-refractivity contribution in [3.63, 3.8) is 0 Å². The standard InChI is InChI=1S/C14H12Br2N2O3S/c1-8(21-11-4-2-3-10(15)6-11)13(19)17-18-14(20)9-5-12(16)22-7-9/h2-8H,1H3,(H,17,19)(H,18,20). The van der Waals surface area contributed by atoms with Gasteiger partial charge in [-0.2, -0.15) is 0 Å². The van der Waals surface area contributed by atoms with Gasteiger partial charge in [0.1, 0.15) is 5.75 Å². The van der Waals surface area contributed by atoms with Crippen molar-refractivity contribution in [3.8, 4) is 5.75 Å². The Kier molecular flexibility index (Phi) is 5.98. The third-order valence-electron chi connectivity index (χ3n) is 2.61. The number of hydrogen-bond donors (Lipinski definition) is 2. The number of hydrogen-bond acceptors (Lipinski definition) is 4. The van der Waals surface area contributed by atoms with Gasteiger partial charge in [-0.1, -0.05) is 22.0 Å². The summed E-state index contributed by atoms with van der Waals surface area (Å²) in [5.41, 5.74) is 5.16. The topological polar surface area (TPSA) is 67.4 Å². The number of rotatable bonds is 4. The summed E-state index contributed by atoms with van der Waals surface area (Å²) in [6.07, 6.45) is -0.746. The van der Waals surface area contributed by atoms with E-state index in [9.17, 15) is 9.59 Å². The molecule has 2 N–H and O–H groups in total. The van der Waals surface area contributed by atoms with E-state index in [-0.39, 0.29) is 5.91 Å². The van der Waals surface area contributed by atoms with Gasteiger partial charge in [0, 0.05) is 9.85 Å². The quantitative estimate of drug-likeness (QED) is 0.704. The number of carbonyl (C=O) groups is 2. The average Bonchev–Trinajstić information content (AvgIpc) is 2.91. The molecule has 1 aromatic carbocycles. The summed E-state index contributed by atoms with van der Waals surface area (Å²) in [6.45, 7) is 1.60. The van der Waals surface area contributed by atoms with Gasteiger partial charge in [-0.15, -0.1) is 11.3 Å². The Hall–Kier alpha value is -1.38. The molecule has 1 heterocycles. The summed E-state index contributed by atoms with van der Waals surface area (Å²) in [5.74, 6) is -0.266. The molecule has 0 saturated carbocycles. The van der Waals surface area contributed by atoms with Gasteiger partial charge in [-0.05, 0) is 47.1 Å². The predicted molar refractivity (Wildman–Crippen MR) is 91.9 cm³/mol. The molecule has 2 rings (SSSR count). The lowest BCUT2D eigenvalue weighted by Gasteiger charge is -2.15. The molecule has 2 amide bonds. The van der Waals surface area contributed by atoms with Crippen LogP contribution in [0.5, 0.6) is 5.75 Å². The van der Waals surface area contributed by atoms with E-state index in [1.54, 1.807) is 36.6 Å². The van der Waals surface area contributed by atoms with Crippen LogP contribution in [0.2, 0.25) is 0 Å². The van der Waals surface area contributed by atoms with E-state index in [4.69, 9.17) is 4.74 Å². The van der Waals surface area contributed by atoms with Crippen molar-refractivity contribution in [1.29, 1.82) is 0 Å². The molecule has 0 aliphatic heterocycles. The monoisotopic (exact) mass is 446 g/mol. The second-order valence-corrected chi connectivity index (χ2v) is 7.51. The Morgan fingerprint density at radius 1 is 1.23 bits per heavy atom. The number of ether oxygens (including phenoxy) is 1. The first-order valence-electron chi connectivity index (χ1n) is 6.22. The van der Waals surface area contributed by atoms with Crippen LogP contribution in [0.25, 0.3) is 0 Å². The van der Waals surface area contributed by atoms with E-state index in [1.165, 1.54) is 11.3 Å². The first kappa shape index (κ1) is 17.0. The van der Waals surface area contributed by atoms with Gasteiger partial charge in [0.05, 0.1) is 9.35 Å². The largest absolute Gasteiger partial charge is 0.481 e. The highest BCUT2D eigenvalue weighted by molar-refractivity contribution is 9.11. The summed E-state index contributed by atoms with van der Waals surface area (Å²) in [4.78, 5) is 23.7. The van der Waals surface area contributed by atoms with Crippen molar-refractivity contribution in [2.75, 3.05) is 0 Å². The van der Waals surface area contributed by atoms with Gasteiger partial charge >= 0.3 is 0 Å². The average molecular weight is 448 g/mol. The van der Waals surface area contributed by atoms with Crippen LogP contribution in [0, 0.1) is 0 Å². The fraction of sp³-hybridized carbons (Fsp3) is 0.143. The number of amides is 2. The van der Waals surface area contributed by atoms with Gasteiger partial charge < -0.3 is 4.74 Å². The Morgan fingerprint density at radius 2 is 2.00 bits per heavy atom. The Balaban J connectivity index is 1.85. The van der Waals surface area contributed by atoms with Crippen LogP contribution in [-0.4, -0.2) is 17.9 Å². The summed E-state index contributed by atoms with van der Waals surface area (Å²) in [5, 5.41) is 1.69. The molecule has 0 aliphatic rings. The van der Waals surface area contributed by atoms with Crippen LogP contribution in [0.4, 0.5) is 0 Å². The number of hydrazine groups is 1. The lowest BCUT2D eigenvalue weighted by atomic mass is 10.3. The molecule has 1 unspecified atom stereocenters. The molecular weight excluding hydrogens is 436 g/mol. The molecule has 5 nitrogen and oxygen atoms in total. The maximum absolute atomic E-state index is 11.9. The fourth-order valence-corrected chi connectivity index (χ4v) is 3.03. The van der Waals surface area contributed by atoms with E-state index in [2.05, 4.69) is 42.7 Å². The number of thiophene rings is 1. The van der Waals surface area contributed by atoms with Crippen LogP contribution in [-0.2, 0) is 4.79 Å². The number of carbonyl (C=O) groups excluding carboxylic acids is 2. The number of benzene rings is 1. The Bertz CT molecular complexity index is 690. The molecule has 0 spiro atoms. The van der Waals surface area contributed by atoms with Gasteiger partial charge in [0.15, 0.2) is 6.10 Å². The Morgan fingerprint density at radius 3 is 2.64 bits per heavy atom. The van der Waals surface area contributed by atoms with E-state index in [0.29, 0.717) is 11.3 Å². The predicted octanol–water partition coefficient (Wildman–Crippen LogP) is 3.50. The zero-order chi connectivity index (χ0) is 16.1. The zero-order valence-corrected chi connectivity index (χ0v) is 15.4. The van der Waals surface area contributed by atoms with E-state index < -0.39 is 12.0 Å². The molecule has 22 heavy (non-hydrogen) atoms. The van der Waals surface area contributed by atoms with Crippen LogP contribution >= 0.6 is 43.2 Å². The van der Waals surface area contributed by atoms with Gasteiger partial charge in [-0.3, -0.25) is 20.4 Å². The summed E-state index contributed by atoms with van der Waals surface area (Å²) >= 11 is 7.99. The highest BCUT2D eigenvalue weighted by Gasteiger charge is 2.16. The molecule has 1 aromatic heterocycles. The normalized spacial score (nSPS) is 11.6. The minimum atomic E-state index is -0.746. The smallest absolute Gasteiger partial charge is 0.279 e. The van der Waals surface area contributed by atoms with Crippen molar-refractivity contribution in [3.05, 3.63) is 49.5 Å². The van der Waals surface area contributed by atoms with Crippen molar-refractivity contribution >= 4 is 55.0 Å². The Labute approximate surface area is 148 Å². The summed E-state index contributed by atoms with van der Waals surface area (Å²) in [6, 6.07) is 8.84. The van der Waals surface area contributed by atoms with Crippen molar-refractivity contribution in [2.45, 2.75) is 13.0 Å². The first-order valence-corrected chi connectivity index (χ1v) is 8.68. The molecule has 8 heteroatoms. The zero-order valence-electron chi connectivity index (χ0n) is 11.4. The van der Waals surface area contributed by atoms with Gasteiger partial charge in [-0.25, -0.2) is 0 Å². The lowest BCUT2D eigenvalue weighted by Crippen LogP contribution is -2.47. The summed E-state index contributed by atoms with van der Waals surface area (Å²) in [7, 11) is 0. The molecule has 2 aromatic rings. The molecular formula is C14H12Br2N2O3S. The van der Waals surface area contributed by atoms with Crippen LogP contribution in [0.1, 0.15) is 17.3 Å². The molecule has 116 valence electrons. The molecule has 0 saturated heterocycles. The van der Waals surface area contributed by atoms with E-state index in [0.717, 1.165) is 8.26 Å². The minimum Gasteiger partial charge on any atom is -0.481 e. The van der Waals surface area contributed by atoms with Crippen LogP contribution < -0.4 is 15.6 Å². The van der Waals surface area contributed by atoms with Crippen molar-refractivity contribution < 1.29 is 14.3 Å². The van der Waals surface area contributed by atoms with Crippen LogP contribution in [0.3, 0.4) is 0 Å². The minimum absolute atomic E-state index is 0.384. The first-order chi connectivity index (χ1) is 10.5. The molecule has 1 atom stereocenters. The molecule has 0 radical (unpaired) electrons. The molecule has 0 bridgehead atoms. The lowest BCUT2D eigenvalue weighted by molar-refractivity contribution is -0.128. The molecule has 0 fully saturated rings. The third kappa shape index (κ3) is 4.82. The van der Waals surface area contributed by atoms with Gasteiger partial charge in [0.25, 0.3) is 11.8 Å². The third-order valence-corrected chi connectivity index (χ3v) is 4.60. The van der Waals surface area contributed by atoms with E-state index in [1.807, 2.05) is 6.07 Å². The maximum atomic E-state index is 11.9. The highest BCUT2D eigenvalue weighted by atomic mass is 79.9. The van der Waals surface area contributed by atoms with E-state index >= 15 is 0 Å². The second-order valence-electron chi connectivity index (χ2n) is 4.30.